The van der Waals surface area contributed by atoms with E-state index in [9.17, 15) is 4.79 Å². The molecule has 0 aliphatic carbocycles. The van der Waals surface area contributed by atoms with Crippen LogP contribution in [0.1, 0.15) is 17.3 Å². The Labute approximate surface area is 146 Å². The van der Waals surface area contributed by atoms with Gasteiger partial charge in [-0.25, -0.2) is 4.98 Å². The average molecular weight is 334 g/mol. The molecule has 126 valence electrons. The van der Waals surface area contributed by atoms with Crippen LogP contribution in [0, 0.1) is 0 Å². The first-order valence-electron chi connectivity index (χ1n) is 7.99. The summed E-state index contributed by atoms with van der Waals surface area (Å²) in [7, 11) is 0. The van der Waals surface area contributed by atoms with Gasteiger partial charge in [0, 0.05) is 6.20 Å². The fraction of sp³-hybridized carbons (Fsp3) is 0.100. The van der Waals surface area contributed by atoms with Gasteiger partial charge < -0.3 is 14.8 Å². The van der Waals surface area contributed by atoms with E-state index in [0.29, 0.717) is 35.2 Å². The molecule has 0 radical (unpaired) electrons. The Kier molecular flexibility index (Phi) is 5.26. The van der Waals surface area contributed by atoms with E-state index in [1.807, 2.05) is 49.4 Å². The minimum atomic E-state index is -0.305. The van der Waals surface area contributed by atoms with Gasteiger partial charge in [0.1, 0.15) is 11.3 Å². The van der Waals surface area contributed by atoms with Crippen LogP contribution in [0.4, 0.5) is 5.69 Å². The second kappa shape index (κ2) is 7.97. The van der Waals surface area contributed by atoms with Gasteiger partial charge in [0.05, 0.1) is 12.3 Å². The largest absolute Gasteiger partial charge is 0.477 e. The summed E-state index contributed by atoms with van der Waals surface area (Å²) in [6.07, 6.45) is 1.59. The number of carbonyl (C=O) groups excluding carboxylic acids is 1. The maximum absolute atomic E-state index is 12.6. The molecule has 0 spiro atoms. The smallest absolute Gasteiger partial charge is 0.261 e. The number of nitrogens with zero attached hydrogens (tertiary/aromatic N) is 1. The van der Waals surface area contributed by atoms with Gasteiger partial charge in [-0.15, -0.1) is 0 Å². The van der Waals surface area contributed by atoms with Crippen LogP contribution in [0.15, 0.2) is 72.9 Å². The highest BCUT2D eigenvalue weighted by Crippen LogP contribution is 2.30. The quantitative estimate of drug-likeness (QED) is 0.720. The van der Waals surface area contributed by atoms with Gasteiger partial charge in [-0.05, 0) is 43.3 Å². The Morgan fingerprint density at radius 1 is 1.00 bits per heavy atom. The van der Waals surface area contributed by atoms with Crippen molar-refractivity contribution in [3.05, 3.63) is 78.5 Å². The summed E-state index contributed by atoms with van der Waals surface area (Å²) in [5, 5.41) is 2.86. The summed E-state index contributed by atoms with van der Waals surface area (Å²) < 4.78 is 11.3. The zero-order chi connectivity index (χ0) is 17.5. The third-order valence-electron chi connectivity index (χ3n) is 3.40. The summed E-state index contributed by atoms with van der Waals surface area (Å²) in [6.45, 7) is 2.28. The van der Waals surface area contributed by atoms with Crippen molar-refractivity contribution in [3.8, 4) is 17.4 Å². The molecule has 5 heteroatoms. The van der Waals surface area contributed by atoms with E-state index in [-0.39, 0.29) is 5.91 Å². The number of hydrogen-bond acceptors (Lipinski definition) is 4. The van der Waals surface area contributed by atoms with Gasteiger partial charge in [-0.2, -0.15) is 0 Å². The third-order valence-corrected chi connectivity index (χ3v) is 3.40. The molecule has 1 N–H and O–H groups in total. The summed E-state index contributed by atoms with van der Waals surface area (Å²) in [6, 6.07) is 20.0. The molecule has 3 aromatic rings. The minimum Gasteiger partial charge on any atom is -0.477 e. The lowest BCUT2D eigenvalue weighted by atomic mass is 10.2. The third kappa shape index (κ3) is 4.14. The molecule has 0 bridgehead atoms. The van der Waals surface area contributed by atoms with Gasteiger partial charge in [0.2, 0.25) is 5.88 Å². The number of pyridine rings is 1. The molecule has 2 aromatic carbocycles. The normalized spacial score (nSPS) is 10.1. The Hall–Kier alpha value is -3.34. The number of amides is 1. The predicted octanol–water partition coefficient (Wildman–Crippen LogP) is 4.52. The highest BCUT2D eigenvalue weighted by molar-refractivity contribution is 6.06. The van der Waals surface area contributed by atoms with Crippen molar-refractivity contribution in [2.45, 2.75) is 6.92 Å². The fourth-order valence-electron chi connectivity index (χ4n) is 2.28. The van der Waals surface area contributed by atoms with E-state index >= 15 is 0 Å². The average Bonchev–Trinajstić information content (AvgIpc) is 2.65. The van der Waals surface area contributed by atoms with Crippen molar-refractivity contribution in [1.82, 2.24) is 4.98 Å². The van der Waals surface area contributed by atoms with Crippen molar-refractivity contribution >= 4 is 11.6 Å². The Morgan fingerprint density at radius 2 is 1.76 bits per heavy atom. The van der Waals surface area contributed by atoms with E-state index in [1.165, 1.54) is 0 Å². The monoisotopic (exact) mass is 334 g/mol. The Bertz CT molecular complexity index is 850. The van der Waals surface area contributed by atoms with Crippen molar-refractivity contribution in [1.29, 1.82) is 0 Å². The van der Waals surface area contributed by atoms with E-state index < -0.39 is 0 Å². The molecular formula is C20H18N2O3. The number of ether oxygens (including phenoxy) is 2. The molecule has 5 nitrogen and oxygen atoms in total. The Balaban J connectivity index is 1.83. The van der Waals surface area contributed by atoms with Crippen LogP contribution in [0.25, 0.3) is 0 Å². The Morgan fingerprint density at radius 3 is 2.56 bits per heavy atom. The van der Waals surface area contributed by atoms with Gasteiger partial charge >= 0.3 is 0 Å². The van der Waals surface area contributed by atoms with Gasteiger partial charge in [-0.3, -0.25) is 4.79 Å². The highest BCUT2D eigenvalue weighted by Gasteiger charge is 2.15. The fourth-order valence-corrected chi connectivity index (χ4v) is 2.28. The summed E-state index contributed by atoms with van der Waals surface area (Å²) in [4.78, 5) is 16.7. The van der Waals surface area contributed by atoms with Gasteiger partial charge in [0.15, 0.2) is 5.75 Å². The van der Waals surface area contributed by atoms with Crippen molar-refractivity contribution in [2.75, 3.05) is 11.9 Å². The predicted molar refractivity (Wildman–Crippen MR) is 96.3 cm³/mol. The van der Waals surface area contributed by atoms with Crippen LogP contribution in [-0.4, -0.2) is 17.5 Å². The zero-order valence-electron chi connectivity index (χ0n) is 13.8. The lowest BCUT2D eigenvalue weighted by Crippen LogP contribution is -2.14. The molecule has 0 aliphatic rings. The zero-order valence-corrected chi connectivity index (χ0v) is 13.8. The number of rotatable bonds is 6. The maximum Gasteiger partial charge on any atom is 0.261 e. The first-order valence-corrected chi connectivity index (χ1v) is 7.99. The summed E-state index contributed by atoms with van der Waals surface area (Å²) >= 11 is 0. The van der Waals surface area contributed by atoms with Crippen molar-refractivity contribution < 1.29 is 14.3 Å². The number of hydrogen-bond donors (Lipinski definition) is 1. The highest BCUT2D eigenvalue weighted by atomic mass is 16.5. The molecule has 0 unspecified atom stereocenters. The number of carbonyl (C=O) groups is 1. The summed E-state index contributed by atoms with van der Waals surface area (Å²) in [5.41, 5.74) is 0.946. The molecule has 0 fully saturated rings. The molecule has 3 rings (SSSR count). The first-order chi connectivity index (χ1) is 12.3. The second-order valence-electron chi connectivity index (χ2n) is 5.15. The second-order valence-corrected chi connectivity index (χ2v) is 5.15. The number of para-hydroxylation sites is 3. The molecule has 0 atom stereocenters. The van der Waals surface area contributed by atoms with Crippen molar-refractivity contribution in [2.24, 2.45) is 0 Å². The number of anilines is 1. The van der Waals surface area contributed by atoms with Gasteiger partial charge in [-0.1, -0.05) is 30.3 Å². The first kappa shape index (κ1) is 16.5. The van der Waals surface area contributed by atoms with Gasteiger partial charge in [0.25, 0.3) is 5.91 Å². The van der Waals surface area contributed by atoms with E-state index in [1.54, 1.807) is 30.5 Å². The molecule has 0 aliphatic heterocycles. The van der Waals surface area contributed by atoms with Crippen LogP contribution >= 0.6 is 0 Å². The molecule has 0 saturated heterocycles. The number of benzene rings is 2. The van der Waals surface area contributed by atoms with Crippen molar-refractivity contribution in [3.63, 3.8) is 0 Å². The molecule has 25 heavy (non-hydrogen) atoms. The molecule has 0 saturated carbocycles. The number of nitrogens with one attached hydrogen (secondary N) is 1. The van der Waals surface area contributed by atoms with E-state index in [0.717, 1.165) is 0 Å². The van der Waals surface area contributed by atoms with Crippen LogP contribution in [0.5, 0.6) is 17.4 Å². The lowest BCUT2D eigenvalue weighted by molar-refractivity contribution is 0.102. The standard InChI is InChI=1S/C20H18N2O3/c1-2-24-20-16(11-8-14-21-20)19(23)22-17-12-6-7-13-18(17)25-15-9-4-3-5-10-15/h3-14H,2H2,1H3,(H,22,23). The van der Waals surface area contributed by atoms with E-state index in [2.05, 4.69) is 10.3 Å². The maximum atomic E-state index is 12.6. The molecule has 1 aromatic heterocycles. The van der Waals surface area contributed by atoms with Crippen LogP contribution in [0.3, 0.4) is 0 Å². The minimum absolute atomic E-state index is 0.305. The van der Waals surface area contributed by atoms with Crippen LogP contribution in [0.2, 0.25) is 0 Å². The molecule has 1 heterocycles. The lowest BCUT2D eigenvalue weighted by Gasteiger charge is -2.13. The SMILES string of the molecule is CCOc1ncccc1C(=O)Nc1ccccc1Oc1ccccc1. The summed E-state index contributed by atoms with van der Waals surface area (Å²) in [5.74, 6) is 1.26. The van der Waals surface area contributed by atoms with Crippen LogP contribution < -0.4 is 14.8 Å². The van der Waals surface area contributed by atoms with E-state index in [4.69, 9.17) is 9.47 Å². The molecular weight excluding hydrogens is 316 g/mol. The number of aromatic nitrogens is 1. The topological polar surface area (TPSA) is 60.5 Å². The van der Waals surface area contributed by atoms with Crippen LogP contribution in [-0.2, 0) is 0 Å². The molecule has 1 amide bonds.